The third kappa shape index (κ3) is 6.35. The van der Waals surface area contributed by atoms with Gasteiger partial charge in [0.05, 0.1) is 0 Å². The monoisotopic (exact) mass is 510 g/mol. The van der Waals surface area contributed by atoms with Crippen LogP contribution in [-0.2, 0) is 43.1 Å². The van der Waals surface area contributed by atoms with Crippen molar-refractivity contribution in [3.63, 3.8) is 0 Å². The number of hydrogen-bond donors (Lipinski definition) is 0. The Morgan fingerprint density at radius 2 is 0.829 bits per heavy atom. The summed E-state index contributed by atoms with van der Waals surface area (Å²) >= 11 is 1.27. The van der Waals surface area contributed by atoms with Gasteiger partial charge in [0.15, 0.2) is 0 Å². The predicted molar refractivity (Wildman–Crippen MR) is 150 cm³/mol. The lowest BCUT2D eigenvalue weighted by Crippen LogP contribution is -2.06. The van der Waals surface area contributed by atoms with Crippen LogP contribution in [0.1, 0.15) is 74.9 Å². The van der Waals surface area contributed by atoms with E-state index in [0.717, 1.165) is 65.7 Å². The molecule has 0 aliphatic carbocycles. The van der Waals surface area contributed by atoms with Crippen LogP contribution in [0.25, 0.3) is 0 Å². The topological polar surface area (TPSA) is 35.5 Å². The SMILES string of the molecule is CCc1cccc(CC)c1OP(=O)(Oc1c(CC)cccc1CC)Sc1c(CC)cccc1CC. The molecule has 0 N–H and O–H groups in total. The van der Waals surface area contributed by atoms with Crippen molar-refractivity contribution in [3.8, 4) is 11.5 Å². The molecule has 0 saturated carbocycles. The maximum atomic E-state index is 14.8. The molecular weight excluding hydrogens is 471 g/mol. The van der Waals surface area contributed by atoms with Crippen molar-refractivity contribution in [1.82, 2.24) is 0 Å². The Hall–Kier alpha value is -2.16. The molecule has 5 heteroatoms. The van der Waals surface area contributed by atoms with Gasteiger partial charge in [-0.15, -0.1) is 0 Å². The summed E-state index contributed by atoms with van der Waals surface area (Å²) in [7, 11) is 0. The number of rotatable bonds is 12. The molecule has 3 rings (SSSR count). The van der Waals surface area contributed by atoms with Crippen LogP contribution in [0, 0.1) is 0 Å². The Bertz CT molecular complexity index is 975. The van der Waals surface area contributed by atoms with Crippen molar-refractivity contribution in [2.75, 3.05) is 0 Å². The van der Waals surface area contributed by atoms with E-state index in [-0.39, 0.29) is 0 Å². The summed E-state index contributed by atoms with van der Waals surface area (Å²) in [4.78, 5) is 1.01. The Morgan fingerprint density at radius 3 is 1.11 bits per heavy atom. The fraction of sp³-hybridized carbons (Fsp3) is 0.400. The van der Waals surface area contributed by atoms with Gasteiger partial charge in [0, 0.05) is 16.3 Å². The number of benzene rings is 3. The van der Waals surface area contributed by atoms with Crippen molar-refractivity contribution in [2.24, 2.45) is 0 Å². The Balaban J connectivity index is 2.19. The van der Waals surface area contributed by atoms with Crippen LogP contribution in [0.5, 0.6) is 11.5 Å². The van der Waals surface area contributed by atoms with Crippen molar-refractivity contribution < 1.29 is 13.6 Å². The van der Waals surface area contributed by atoms with E-state index < -0.39 is 6.80 Å². The molecule has 0 aliphatic rings. The molecule has 188 valence electrons. The zero-order valence-electron chi connectivity index (χ0n) is 22.0. The van der Waals surface area contributed by atoms with Crippen molar-refractivity contribution in [1.29, 1.82) is 0 Å². The third-order valence-corrected chi connectivity index (χ3v) is 9.84. The van der Waals surface area contributed by atoms with Crippen LogP contribution < -0.4 is 9.05 Å². The third-order valence-electron chi connectivity index (χ3n) is 6.43. The first kappa shape index (κ1) is 27.4. The lowest BCUT2D eigenvalue weighted by Gasteiger charge is -2.25. The Labute approximate surface area is 215 Å². The highest BCUT2D eigenvalue weighted by Gasteiger charge is 2.35. The molecule has 0 saturated heterocycles. The largest absolute Gasteiger partial charge is 0.497 e. The molecule has 0 aromatic heterocycles. The van der Waals surface area contributed by atoms with Crippen LogP contribution in [0.4, 0.5) is 0 Å². The Morgan fingerprint density at radius 1 is 0.543 bits per heavy atom. The number of hydrogen-bond acceptors (Lipinski definition) is 4. The number of aryl methyl sites for hydroxylation is 6. The number of para-hydroxylation sites is 2. The second kappa shape index (κ2) is 12.7. The second-order valence-corrected chi connectivity index (χ2v) is 12.3. The van der Waals surface area contributed by atoms with E-state index in [1.807, 2.05) is 12.1 Å². The molecule has 0 radical (unpaired) electrons. The minimum Gasteiger partial charge on any atom is -0.408 e. The standard InChI is InChI=1S/C30H39O3PS/c1-7-22-16-13-17-23(8-2)28(22)32-34(31,33-29-24(9-3)18-14-19-25(29)10-4)35-30-26(11-5)20-15-21-27(30)12-6/h13-21H,7-12H2,1-6H3. The summed E-state index contributed by atoms with van der Waals surface area (Å²) in [6, 6.07) is 18.6. The normalized spacial score (nSPS) is 11.5. The lowest BCUT2D eigenvalue weighted by atomic mass is 10.1. The first-order valence-electron chi connectivity index (χ1n) is 12.9. The highest BCUT2D eigenvalue weighted by molar-refractivity contribution is 8.55. The average Bonchev–Trinajstić information content (AvgIpc) is 2.88. The maximum absolute atomic E-state index is 14.8. The molecule has 0 heterocycles. The van der Waals surface area contributed by atoms with Crippen molar-refractivity contribution in [3.05, 3.63) is 88.0 Å². The van der Waals surface area contributed by atoms with E-state index in [1.165, 1.54) is 22.5 Å². The maximum Gasteiger partial charge on any atom is 0.497 e. The van der Waals surface area contributed by atoms with E-state index in [1.54, 1.807) is 0 Å². The van der Waals surface area contributed by atoms with Gasteiger partial charge in [0.1, 0.15) is 11.5 Å². The van der Waals surface area contributed by atoms with Crippen molar-refractivity contribution >= 4 is 18.2 Å². The molecule has 0 aliphatic heterocycles. The van der Waals surface area contributed by atoms with Crippen LogP contribution >= 0.6 is 18.2 Å². The van der Waals surface area contributed by atoms with E-state index in [0.29, 0.717) is 11.5 Å². The molecule has 3 aromatic carbocycles. The predicted octanol–water partition coefficient (Wildman–Crippen LogP) is 9.42. The van der Waals surface area contributed by atoms with E-state index >= 15 is 0 Å². The first-order valence-corrected chi connectivity index (χ1v) is 15.9. The van der Waals surface area contributed by atoms with E-state index in [2.05, 4.69) is 84.0 Å². The zero-order chi connectivity index (χ0) is 25.4. The van der Waals surface area contributed by atoms with Gasteiger partial charge in [-0.25, -0.2) is 4.57 Å². The quantitative estimate of drug-likeness (QED) is 0.227. The summed E-state index contributed by atoms with van der Waals surface area (Å²) in [6.45, 7) is 8.96. The minimum atomic E-state index is -3.71. The molecule has 0 fully saturated rings. The summed E-state index contributed by atoms with van der Waals surface area (Å²) < 4.78 is 27.9. The Kier molecular flexibility index (Phi) is 9.95. The molecule has 35 heavy (non-hydrogen) atoms. The van der Waals surface area contributed by atoms with Crippen LogP contribution in [-0.4, -0.2) is 0 Å². The molecule has 0 amide bonds. The van der Waals surface area contributed by atoms with E-state index in [4.69, 9.17) is 9.05 Å². The van der Waals surface area contributed by atoms with Gasteiger partial charge in [0.2, 0.25) is 0 Å². The van der Waals surface area contributed by atoms with Gasteiger partial charge in [-0.05, 0) is 71.9 Å². The molecule has 3 aromatic rings. The lowest BCUT2D eigenvalue weighted by molar-refractivity contribution is 0.401. The first-order chi connectivity index (χ1) is 16.9. The second-order valence-electron chi connectivity index (χ2n) is 8.56. The van der Waals surface area contributed by atoms with Gasteiger partial charge in [-0.3, -0.25) is 0 Å². The van der Waals surface area contributed by atoms with Gasteiger partial charge < -0.3 is 9.05 Å². The molecule has 0 bridgehead atoms. The van der Waals surface area contributed by atoms with Crippen LogP contribution in [0.2, 0.25) is 0 Å². The van der Waals surface area contributed by atoms with Crippen molar-refractivity contribution in [2.45, 2.75) is 85.0 Å². The minimum absolute atomic E-state index is 0.701. The fourth-order valence-corrected chi connectivity index (χ4v) is 8.28. The summed E-state index contributed by atoms with van der Waals surface area (Å²) in [6.07, 6.45) is 4.90. The molecule has 0 atom stereocenters. The highest BCUT2D eigenvalue weighted by atomic mass is 32.7. The van der Waals surface area contributed by atoms with Crippen LogP contribution in [0.15, 0.2) is 59.5 Å². The summed E-state index contributed by atoms with van der Waals surface area (Å²) in [5, 5.41) is 0. The zero-order valence-corrected chi connectivity index (χ0v) is 23.7. The molecule has 0 spiro atoms. The van der Waals surface area contributed by atoms with Gasteiger partial charge in [-0.2, -0.15) is 0 Å². The summed E-state index contributed by atoms with van der Waals surface area (Å²) in [5.41, 5.74) is 6.53. The summed E-state index contributed by atoms with van der Waals surface area (Å²) in [5.74, 6) is 1.40. The molecular formula is C30H39O3PS. The highest BCUT2D eigenvalue weighted by Crippen LogP contribution is 2.65. The van der Waals surface area contributed by atoms with E-state index in [9.17, 15) is 4.57 Å². The van der Waals surface area contributed by atoms with Gasteiger partial charge in [0.25, 0.3) is 0 Å². The molecule has 3 nitrogen and oxygen atoms in total. The fourth-order valence-electron chi connectivity index (χ4n) is 4.33. The van der Waals surface area contributed by atoms with Gasteiger partial charge >= 0.3 is 6.80 Å². The molecule has 0 unspecified atom stereocenters. The average molecular weight is 511 g/mol. The smallest absolute Gasteiger partial charge is 0.408 e. The van der Waals surface area contributed by atoms with Gasteiger partial charge in [-0.1, -0.05) is 96.1 Å². The van der Waals surface area contributed by atoms with Crippen LogP contribution in [0.3, 0.4) is 0 Å².